The van der Waals surface area contributed by atoms with Crippen LogP contribution in [0.15, 0.2) is 53.0 Å². The monoisotopic (exact) mass is 319 g/mol. The molecule has 0 N–H and O–H groups in total. The number of ketones is 1. The molecule has 19 heavy (non-hydrogen) atoms. The molecule has 0 heterocycles. The summed E-state index contributed by atoms with van der Waals surface area (Å²) in [6, 6.07) is 13.3. The number of hydrogen-bond donors (Lipinski definition) is 0. The molecule has 0 saturated carbocycles. The van der Waals surface area contributed by atoms with Gasteiger partial charge in [0.15, 0.2) is 5.78 Å². The Morgan fingerprint density at radius 1 is 1.16 bits per heavy atom. The van der Waals surface area contributed by atoms with E-state index in [-0.39, 0.29) is 17.9 Å². The van der Waals surface area contributed by atoms with Gasteiger partial charge in [0.1, 0.15) is 0 Å². The number of hydrogen-bond acceptors (Lipinski definition) is 3. The standard InChI is InChI=1S/C14H10BrNO3/c15-12-6-3-5-11(8-12)14(17)9-10-4-1-2-7-13(10)16(18)19/h1-8H,9H2. The number of rotatable bonds is 4. The van der Waals surface area contributed by atoms with Crippen LogP contribution in [0.5, 0.6) is 0 Å². The van der Waals surface area contributed by atoms with Crippen molar-refractivity contribution < 1.29 is 9.72 Å². The van der Waals surface area contributed by atoms with Gasteiger partial charge in [0.05, 0.1) is 4.92 Å². The van der Waals surface area contributed by atoms with Crippen LogP contribution in [0.3, 0.4) is 0 Å². The molecule has 0 fully saturated rings. The Kier molecular flexibility index (Phi) is 4.06. The molecule has 2 rings (SSSR count). The van der Waals surface area contributed by atoms with Gasteiger partial charge >= 0.3 is 0 Å². The van der Waals surface area contributed by atoms with Gasteiger partial charge in [-0.05, 0) is 12.1 Å². The zero-order valence-corrected chi connectivity index (χ0v) is 11.5. The summed E-state index contributed by atoms with van der Waals surface area (Å²) in [5, 5.41) is 10.9. The van der Waals surface area contributed by atoms with E-state index in [0.717, 1.165) is 4.47 Å². The van der Waals surface area contributed by atoms with Gasteiger partial charge in [-0.2, -0.15) is 0 Å². The van der Waals surface area contributed by atoms with E-state index >= 15 is 0 Å². The first-order valence-corrected chi connectivity index (χ1v) is 6.38. The van der Waals surface area contributed by atoms with Gasteiger partial charge in [-0.3, -0.25) is 14.9 Å². The largest absolute Gasteiger partial charge is 0.294 e. The van der Waals surface area contributed by atoms with Crippen LogP contribution in [0.25, 0.3) is 0 Å². The lowest BCUT2D eigenvalue weighted by atomic mass is 10.0. The number of carbonyl (C=O) groups is 1. The number of nitro groups is 1. The Morgan fingerprint density at radius 2 is 1.89 bits per heavy atom. The van der Waals surface area contributed by atoms with E-state index < -0.39 is 4.92 Å². The predicted molar refractivity (Wildman–Crippen MR) is 75.3 cm³/mol. The first-order chi connectivity index (χ1) is 9.08. The molecule has 2 aromatic rings. The number of carbonyl (C=O) groups excluding carboxylic acids is 1. The fraction of sp³-hybridized carbons (Fsp3) is 0.0714. The topological polar surface area (TPSA) is 60.2 Å². The average Bonchev–Trinajstić information content (AvgIpc) is 2.39. The predicted octanol–water partition coefficient (Wildman–Crippen LogP) is 3.78. The van der Waals surface area contributed by atoms with E-state index in [1.54, 1.807) is 36.4 Å². The normalized spacial score (nSPS) is 10.2. The van der Waals surface area contributed by atoms with Crippen molar-refractivity contribution in [3.63, 3.8) is 0 Å². The highest BCUT2D eigenvalue weighted by atomic mass is 79.9. The highest BCUT2D eigenvalue weighted by Crippen LogP contribution is 2.20. The number of para-hydroxylation sites is 1. The molecule has 0 aromatic heterocycles. The molecule has 0 saturated heterocycles. The van der Waals surface area contributed by atoms with Gasteiger partial charge in [-0.1, -0.05) is 46.3 Å². The summed E-state index contributed by atoms with van der Waals surface area (Å²) in [6.07, 6.45) is 0.0214. The maximum atomic E-state index is 12.1. The van der Waals surface area contributed by atoms with Gasteiger partial charge < -0.3 is 0 Å². The molecule has 0 spiro atoms. The van der Waals surface area contributed by atoms with Crippen molar-refractivity contribution >= 4 is 27.4 Å². The van der Waals surface area contributed by atoms with Crippen LogP contribution >= 0.6 is 15.9 Å². The third-order valence-corrected chi connectivity index (χ3v) is 3.18. The first kappa shape index (κ1) is 13.4. The summed E-state index contributed by atoms with van der Waals surface area (Å²) in [5.41, 5.74) is 0.941. The van der Waals surface area contributed by atoms with E-state index in [2.05, 4.69) is 15.9 Å². The first-order valence-electron chi connectivity index (χ1n) is 5.59. The Labute approximate surface area is 118 Å². The molecule has 0 atom stereocenters. The molecule has 0 aliphatic rings. The van der Waals surface area contributed by atoms with Gasteiger partial charge in [-0.15, -0.1) is 0 Å². The van der Waals surface area contributed by atoms with Crippen molar-refractivity contribution in [2.75, 3.05) is 0 Å². The number of benzene rings is 2. The van der Waals surface area contributed by atoms with Crippen molar-refractivity contribution in [1.29, 1.82) is 0 Å². The molecule has 4 nitrogen and oxygen atoms in total. The maximum absolute atomic E-state index is 12.1. The van der Waals surface area contributed by atoms with E-state index in [0.29, 0.717) is 11.1 Å². The lowest BCUT2D eigenvalue weighted by Crippen LogP contribution is -2.05. The zero-order chi connectivity index (χ0) is 13.8. The molecule has 0 aliphatic carbocycles. The molecular formula is C14H10BrNO3. The van der Waals surface area contributed by atoms with Crippen molar-refractivity contribution in [2.24, 2.45) is 0 Å². The fourth-order valence-corrected chi connectivity index (χ4v) is 2.17. The molecule has 96 valence electrons. The van der Waals surface area contributed by atoms with Crippen LogP contribution < -0.4 is 0 Å². The van der Waals surface area contributed by atoms with E-state index in [1.165, 1.54) is 6.07 Å². The summed E-state index contributed by atoms with van der Waals surface area (Å²) < 4.78 is 0.806. The maximum Gasteiger partial charge on any atom is 0.273 e. The summed E-state index contributed by atoms with van der Waals surface area (Å²) in [4.78, 5) is 22.5. The van der Waals surface area contributed by atoms with Gasteiger partial charge in [0.2, 0.25) is 0 Å². The Balaban J connectivity index is 2.27. The quantitative estimate of drug-likeness (QED) is 0.489. The zero-order valence-electron chi connectivity index (χ0n) is 9.88. The molecule has 0 aliphatic heterocycles. The second-order valence-corrected chi connectivity index (χ2v) is 4.91. The van der Waals surface area contributed by atoms with Crippen molar-refractivity contribution in [3.05, 3.63) is 74.2 Å². The highest BCUT2D eigenvalue weighted by Gasteiger charge is 2.16. The number of nitro benzene ring substituents is 1. The van der Waals surface area contributed by atoms with Crippen LogP contribution in [0.2, 0.25) is 0 Å². The van der Waals surface area contributed by atoms with Crippen LogP contribution in [0, 0.1) is 10.1 Å². The Hall–Kier alpha value is -2.01. The minimum atomic E-state index is -0.469. The van der Waals surface area contributed by atoms with Crippen LogP contribution in [-0.4, -0.2) is 10.7 Å². The molecule has 5 heteroatoms. The lowest BCUT2D eigenvalue weighted by molar-refractivity contribution is -0.385. The van der Waals surface area contributed by atoms with Crippen molar-refractivity contribution in [2.45, 2.75) is 6.42 Å². The number of halogens is 1. The van der Waals surface area contributed by atoms with Gasteiger partial charge in [0.25, 0.3) is 5.69 Å². The third-order valence-electron chi connectivity index (χ3n) is 2.69. The Bertz CT molecular complexity index is 640. The minimum Gasteiger partial charge on any atom is -0.294 e. The fourth-order valence-electron chi connectivity index (χ4n) is 1.78. The second kappa shape index (κ2) is 5.75. The molecule has 0 unspecified atom stereocenters. The SMILES string of the molecule is O=C(Cc1ccccc1[N+](=O)[O-])c1cccc(Br)c1. The number of nitrogens with zero attached hydrogens (tertiary/aromatic N) is 1. The van der Waals surface area contributed by atoms with Crippen LogP contribution in [0.1, 0.15) is 15.9 Å². The van der Waals surface area contributed by atoms with E-state index in [4.69, 9.17) is 0 Å². The van der Waals surface area contributed by atoms with Crippen molar-refractivity contribution in [3.8, 4) is 0 Å². The highest BCUT2D eigenvalue weighted by molar-refractivity contribution is 9.10. The third kappa shape index (κ3) is 3.26. The molecule has 0 radical (unpaired) electrons. The smallest absolute Gasteiger partial charge is 0.273 e. The van der Waals surface area contributed by atoms with Gasteiger partial charge in [0, 0.05) is 28.1 Å². The molecule has 2 aromatic carbocycles. The molecular weight excluding hydrogens is 310 g/mol. The Morgan fingerprint density at radius 3 is 2.58 bits per heavy atom. The van der Waals surface area contributed by atoms with Crippen molar-refractivity contribution in [1.82, 2.24) is 0 Å². The summed E-state index contributed by atoms with van der Waals surface area (Å²) >= 11 is 3.29. The lowest BCUT2D eigenvalue weighted by Gasteiger charge is -2.03. The minimum absolute atomic E-state index is 0.0214. The molecule has 0 amide bonds. The van der Waals surface area contributed by atoms with Crippen LogP contribution in [-0.2, 0) is 6.42 Å². The van der Waals surface area contributed by atoms with Crippen LogP contribution in [0.4, 0.5) is 5.69 Å². The summed E-state index contributed by atoms with van der Waals surface area (Å²) in [5.74, 6) is -0.143. The summed E-state index contributed by atoms with van der Waals surface area (Å²) in [6.45, 7) is 0. The van der Waals surface area contributed by atoms with Gasteiger partial charge in [-0.25, -0.2) is 0 Å². The number of Topliss-reactive ketones (excluding diaryl/α,β-unsaturated/α-hetero) is 1. The van der Waals surface area contributed by atoms with E-state index in [1.807, 2.05) is 6.07 Å². The van der Waals surface area contributed by atoms with E-state index in [9.17, 15) is 14.9 Å². The second-order valence-electron chi connectivity index (χ2n) is 4.00. The summed E-state index contributed by atoms with van der Waals surface area (Å²) in [7, 11) is 0. The average molecular weight is 320 g/mol. The molecule has 0 bridgehead atoms.